The average Bonchev–Trinajstić information content (AvgIpc) is 2.78. The van der Waals surface area contributed by atoms with Gasteiger partial charge in [0.15, 0.2) is 0 Å². The molecule has 0 unspecified atom stereocenters. The first kappa shape index (κ1) is 22.0. The summed E-state index contributed by atoms with van der Waals surface area (Å²) in [7, 11) is -1.99. The van der Waals surface area contributed by atoms with Gasteiger partial charge in [-0.05, 0) is 48.2 Å². The van der Waals surface area contributed by atoms with Crippen molar-refractivity contribution in [1.29, 1.82) is 5.26 Å². The number of nitrogens with zero attached hydrogens (tertiary/aromatic N) is 2. The molecule has 1 N–H and O–H groups in total. The molecule has 0 spiro atoms. The first-order valence-electron chi connectivity index (χ1n) is 9.79. The number of hydrogen-bond acceptors (Lipinski definition) is 5. The minimum absolute atomic E-state index is 0.0577. The van der Waals surface area contributed by atoms with Gasteiger partial charge in [-0.15, -0.1) is 0 Å². The van der Waals surface area contributed by atoms with Crippen LogP contribution < -0.4 is 5.32 Å². The summed E-state index contributed by atoms with van der Waals surface area (Å²) < 4.78 is 32.2. The molecule has 158 valence electrons. The van der Waals surface area contributed by atoms with Crippen molar-refractivity contribution in [3.63, 3.8) is 0 Å². The molecule has 0 bridgehead atoms. The molecule has 1 aliphatic heterocycles. The maximum Gasteiger partial charge on any atom is 0.243 e. The topological polar surface area (TPSA) is 99.5 Å². The van der Waals surface area contributed by atoms with Crippen molar-refractivity contribution < 1.29 is 17.9 Å². The van der Waals surface area contributed by atoms with Crippen LogP contribution in [0.2, 0.25) is 0 Å². The summed E-state index contributed by atoms with van der Waals surface area (Å²) in [4.78, 5) is 12.8. The van der Waals surface area contributed by atoms with Gasteiger partial charge in [-0.25, -0.2) is 8.42 Å². The molecule has 7 nitrogen and oxygen atoms in total. The third kappa shape index (κ3) is 5.05. The first-order chi connectivity index (χ1) is 14.5. The summed E-state index contributed by atoms with van der Waals surface area (Å²) in [5.41, 5.74) is 2.45. The van der Waals surface area contributed by atoms with Gasteiger partial charge in [-0.3, -0.25) is 4.79 Å². The summed E-state index contributed by atoms with van der Waals surface area (Å²) >= 11 is 0. The molecule has 0 atom stereocenters. The third-order valence-electron chi connectivity index (χ3n) is 5.32. The summed E-state index contributed by atoms with van der Waals surface area (Å²) in [6.07, 6.45) is 0.947. The minimum atomic E-state index is -3.63. The van der Waals surface area contributed by atoms with E-state index in [0.717, 1.165) is 11.1 Å². The molecule has 1 amide bonds. The summed E-state index contributed by atoms with van der Waals surface area (Å²) in [6, 6.07) is 15.7. The molecule has 2 aromatic carbocycles. The number of amides is 1. The number of ether oxygens (including phenoxy) is 1. The molecule has 1 fully saturated rings. The number of benzene rings is 2. The monoisotopic (exact) mass is 427 g/mol. The predicted octanol–water partition coefficient (Wildman–Crippen LogP) is 2.42. The van der Waals surface area contributed by atoms with Crippen LogP contribution >= 0.6 is 0 Å². The largest absolute Gasteiger partial charge is 0.380 e. The smallest absolute Gasteiger partial charge is 0.243 e. The first-order valence-corrected chi connectivity index (χ1v) is 11.2. The summed E-state index contributed by atoms with van der Waals surface area (Å²) in [5.74, 6) is -0.273. The fourth-order valence-corrected chi connectivity index (χ4v) is 5.03. The predicted molar refractivity (Wildman–Crippen MR) is 112 cm³/mol. The molecular weight excluding hydrogens is 402 g/mol. The van der Waals surface area contributed by atoms with E-state index in [4.69, 9.17) is 10.00 Å². The highest BCUT2D eigenvalue weighted by molar-refractivity contribution is 7.89. The molecule has 1 saturated heterocycles. The number of nitriles is 1. The number of rotatable bonds is 7. The van der Waals surface area contributed by atoms with Gasteiger partial charge in [0.25, 0.3) is 0 Å². The van der Waals surface area contributed by atoms with E-state index in [1.165, 1.54) is 28.6 Å². The highest BCUT2D eigenvalue weighted by Gasteiger charge is 2.32. The molecule has 0 saturated carbocycles. The minimum Gasteiger partial charge on any atom is -0.380 e. The van der Waals surface area contributed by atoms with Gasteiger partial charge >= 0.3 is 0 Å². The Bertz CT molecular complexity index is 1020. The molecule has 1 aliphatic rings. The van der Waals surface area contributed by atoms with E-state index in [0.29, 0.717) is 44.6 Å². The van der Waals surface area contributed by atoms with Gasteiger partial charge in [0.2, 0.25) is 15.9 Å². The molecule has 8 heteroatoms. The van der Waals surface area contributed by atoms with E-state index >= 15 is 0 Å². The van der Waals surface area contributed by atoms with E-state index in [1.54, 1.807) is 7.11 Å². The number of hydrogen-bond donors (Lipinski definition) is 1. The lowest BCUT2D eigenvalue weighted by Crippen LogP contribution is -2.42. The van der Waals surface area contributed by atoms with Gasteiger partial charge in [0.05, 0.1) is 23.1 Å². The molecule has 0 aromatic heterocycles. The van der Waals surface area contributed by atoms with Gasteiger partial charge in [-0.1, -0.05) is 24.3 Å². The lowest BCUT2D eigenvalue weighted by atomic mass is 9.97. The number of piperidine rings is 1. The quantitative estimate of drug-likeness (QED) is 0.732. The second-order valence-corrected chi connectivity index (χ2v) is 9.17. The number of carbonyl (C=O) groups is 1. The average molecular weight is 428 g/mol. The van der Waals surface area contributed by atoms with Crippen LogP contribution in [-0.4, -0.2) is 38.8 Å². The zero-order chi connectivity index (χ0) is 21.6. The van der Waals surface area contributed by atoms with Crippen molar-refractivity contribution >= 4 is 15.9 Å². The normalized spacial score (nSPS) is 15.5. The maximum atomic E-state index is 12.8. The molecule has 30 heavy (non-hydrogen) atoms. The Morgan fingerprint density at radius 3 is 2.37 bits per heavy atom. The van der Waals surface area contributed by atoms with Crippen LogP contribution in [0.4, 0.5) is 0 Å². The summed E-state index contributed by atoms with van der Waals surface area (Å²) in [5, 5.41) is 11.8. The van der Waals surface area contributed by atoms with Crippen LogP contribution in [0.5, 0.6) is 0 Å². The van der Waals surface area contributed by atoms with Crippen LogP contribution in [-0.2, 0) is 32.7 Å². The third-order valence-corrected chi connectivity index (χ3v) is 7.23. The van der Waals surface area contributed by atoms with Gasteiger partial charge in [0, 0.05) is 32.7 Å². The standard InChI is InChI=1S/C22H25N3O4S/c1-29-16-20-5-3-2-4-19(20)15-24-22(26)18-10-12-25(13-11-18)30(27,28)21-8-6-17(14-23)7-9-21/h2-9,18H,10-13,15-16H2,1H3,(H,24,26). The van der Waals surface area contributed by atoms with Gasteiger partial charge in [-0.2, -0.15) is 9.57 Å². The number of nitrogens with one attached hydrogen (secondary N) is 1. The zero-order valence-corrected chi connectivity index (χ0v) is 17.7. The van der Waals surface area contributed by atoms with Crippen molar-refractivity contribution in [3.05, 3.63) is 65.2 Å². The van der Waals surface area contributed by atoms with Gasteiger partial charge < -0.3 is 10.1 Å². The highest BCUT2D eigenvalue weighted by atomic mass is 32.2. The summed E-state index contributed by atoms with van der Waals surface area (Å²) in [6.45, 7) is 1.49. The molecule has 3 rings (SSSR count). The number of methoxy groups -OCH3 is 1. The molecule has 2 aromatic rings. The van der Waals surface area contributed by atoms with E-state index in [9.17, 15) is 13.2 Å². The molecular formula is C22H25N3O4S. The second kappa shape index (κ2) is 9.85. The van der Waals surface area contributed by atoms with Crippen LogP contribution in [0.1, 0.15) is 29.5 Å². The Hall–Kier alpha value is -2.73. The molecule has 0 radical (unpaired) electrons. The van der Waals surface area contributed by atoms with Crippen LogP contribution in [0.25, 0.3) is 0 Å². The Morgan fingerprint density at radius 2 is 1.77 bits per heavy atom. The van der Waals surface area contributed by atoms with Crippen molar-refractivity contribution in [2.45, 2.75) is 30.9 Å². The SMILES string of the molecule is COCc1ccccc1CNC(=O)C1CCN(S(=O)(=O)c2ccc(C#N)cc2)CC1. The van der Waals surface area contributed by atoms with Crippen LogP contribution in [0.3, 0.4) is 0 Å². The zero-order valence-electron chi connectivity index (χ0n) is 16.9. The van der Waals surface area contributed by atoms with E-state index in [1.807, 2.05) is 30.3 Å². The number of sulfonamides is 1. The lowest BCUT2D eigenvalue weighted by Gasteiger charge is -2.30. The van der Waals surface area contributed by atoms with Gasteiger partial charge in [0.1, 0.15) is 0 Å². The number of carbonyl (C=O) groups excluding carboxylic acids is 1. The van der Waals surface area contributed by atoms with Crippen molar-refractivity contribution in [3.8, 4) is 6.07 Å². The Morgan fingerprint density at radius 1 is 1.13 bits per heavy atom. The fourth-order valence-electron chi connectivity index (χ4n) is 3.56. The van der Waals surface area contributed by atoms with Crippen molar-refractivity contribution in [2.24, 2.45) is 5.92 Å². The highest BCUT2D eigenvalue weighted by Crippen LogP contribution is 2.24. The van der Waals surface area contributed by atoms with Crippen molar-refractivity contribution in [2.75, 3.05) is 20.2 Å². The van der Waals surface area contributed by atoms with Crippen LogP contribution in [0, 0.1) is 17.2 Å². The van der Waals surface area contributed by atoms with Crippen LogP contribution in [0.15, 0.2) is 53.4 Å². The van der Waals surface area contributed by atoms with E-state index < -0.39 is 10.0 Å². The maximum absolute atomic E-state index is 12.8. The fraction of sp³-hybridized carbons (Fsp3) is 0.364. The van der Waals surface area contributed by atoms with Crippen molar-refractivity contribution in [1.82, 2.24) is 9.62 Å². The second-order valence-electron chi connectivity index (χ2n) is 7.23. The molecule has 1 heterocycles. The Kier molecular flexibility index (Phi) is 7.21. The Balaban J connectivity index is 1.56. The Labute approximate surface area is 177 Å². The van der Waals surface area contributed by atoms with E-state index in [-0.39, 0.29) is 16.7 Å². The van der Waals surface area contributed by atoms with E-state index in [2.05, 4.69) is 5.32 Å². The molecule has 0 aliphatic carbocycles. The lowest BCUT2D eigenvalue weighted by molar-refractivity contribution is -0.126.